The highest BCUT2D eigenvalue weighted by Gasteiger charge is 2.35. The number of carboxylic acids is 1. The minimum Gasteiger partial charge on any atom is -0.480 e. The molecule has 0 radical (unpaired) electrons. The molecule has 0 amide bonds. The molecule has 208 valence electrons. The van der Waals surface area contributed by atoms with Gasteiger partial charge in [-0.1, -0.05) is 0 Å². The van der Waals surface area contributed by atoms with Crippen molar-refractivity contribution in [3.8, 4) is 0 Å². The summed E-state index contributed by atoms with van der Waals surface area (Å²) in [6, 6.07) is 0. The monoisotopic (exact) mass is 543 g/mol. The van der Waals surface area contributed by atoms with E-state index in [1.54, 1.807) is 11.8 Å². The van der Waals surface area contributed by atoms with Gasteiger partial charge in [0, 0.05) is 77.8 Å². The molecule has 7 nitrogen and oxygen atoms in total. The lowest BCUT2D eigenvalue weighted by atomic mass is 10.1. The highest BCUT2D eigenvalue weighted by atomic mass is 35.5. The van der Waals surface area contributed by atoms with Gasteiger partial charge in [-0.2, -0.15) is 0 Å². The lowest BCUT2D eigenvalue weighted by Crippen LogP contribution is -2.42. The number of carboxylic acid groups (broad SMARTS) is 1. The molecular formula is C21H36ClF6N3O4. The Balaban J connectivity index is 0.000000505. The predicted molar refractivity (Wildman–Crippen MR) is 120 cm³/mol. The molecule has 0 aliphatic carbocycles. The maximum Gasteiger partial charge on any atom is 0.320 e. The van der Waals surface area contributed by atoms with Gasteiger partial charge in [0.25, 0.3) is 17.8 Å². The Bertz CT molecular complexity index is 618. The van der Waals surface area contributed by atoms with E-state index in [4.69, 9.17) is 9.84 Å². The molecule has 2 N–H and O–H groups in total. The van der Waals surface area contributed by atoms with E-state index in [-0.39, 0.29) is 96.2 Å². The molecule has 0 atom stereocenters. The van der Waals surface area contributed by atoms with Gasteiger partial charge < -0.3 is 15.2 Å². The number of esters is 1. The van der Waals surface area contributed by atoms with Gasteiger partial charge >= 0.3 is 11.9 Å². The lowest BCUT2D eigenvalue weighted by Gasteiger charge is -2.30. The van der Waals surface area contributed by atoms with Crippen LogP contribution in [0.25, 0.3) is 0 Å². The average Bonchev–Trinajstić information content (AvgIpc) is 2.72. The van der Waals surface area contributed by atoms with E-state index in [0.29, 0.717) is 19.7 Å². The second-order valence-corrected chi connectivity index (χ2v) is 8.57. The van der Waals surface area contributed by atoms with Crippen LogP contribution in [0.3, 0.4) is 0 Å². The third-order valence-electron chi connectivity index (χ3n) is 5.53. The van der Waals surface area contributed by atoms with Crippen molar-refractivity contribution in [2.24, 2.45) is 0 Å². The number of nitrogens with one attached hydrogen (secondary N) is 1. The van der Waals surface area contributed by atoms with Crippen molar-refractivity contribution in [1.82, 2.24) is 15.1 Å². The maximum atomic E-state index is 12.7. The Kier molecular flexibility index (Phi) is 15.1. The molecule has 14 heteroatoms. The topological polar surface area (TPSA) is 82.1 Å². The number of carbonyl (C=O) groups is 2. The Hall–Kier alpha value is -1.31. The number of aliphatic carboxylic acids is 1. The van der Waals surface area contributed by atoms with E-state index < -0.39 is 23.7 Å². The van der Waals surface area contributed by atoms with Crippen LogP contribution in [0.1, 0.15) is 45.4 Å². The molecule has 3 aliphatic rings. The fraction of sp³-hybridized carbons (Fsp3) is 0.905. The molecule has 0 spiro atoms. The van der Waals surface area contributed by atoms with Gasteiger partial charge in [-0.25, -0.2) is 26.3 Å². The van der Waals surface area contributed by atoms with Crippen molar-refractivity contribution in [3.63, 3.8) is 0 Å². The van der Waals surface area contributed by atoms with Gasteiger partial charge in [0.05, 0.1) is 19.7 Å². The number of alkyl halides is 6. The van der Waals surface area contributed by atoms with Gasteiger partial charge in [0.15, 0.2) is 0 Å². The van der Waals surface area contributed by atoms with Crippen LogP contribution in [0.15, 0.2) is 0 Å². The van der Waals surface area contributed by atoms with E-state index in [1.807, 2.05) is 0 Å². The van der Waals surface area contributed by atoms with Gasteiger partial charge in [-0.15, -0.1) is 12.4 Å². The van der Waals surface area contributed by atoms with Crippen LogP contribution in [0.5, 0.6) is 0 Å². The summed E-state index contributed by atoms with van der Waals surface area (Å²) in [6.45, 7) is 3.89. The Labute approximate surface area is 207 Å². The number of ether oxygens (including phenoxy) is 1. The number of piperidine rings is 3. The SMILES string of the molecule is CCOC(=O)CN1CCC(F)(F)CC1.Cl.FC1(F)CCNCC1.O=C(O)CN1CCC(F)(F)CC1. The lowest BCUT2D eigenvalue weighted by molar-refractivity contribution is -0.146. The summed E-state index contributed by atoms with van der Waals surface area (Å²) in [7, 11) is 0. The number of hydrogen-bond donors (Lipinski definition) is 2. The van der Waals surface area contributed by atoms with Crippen molar-refractivity contribution >= 4 is 24.3 Å². The highest BCUT2D eigenvalue weighted by Crippen LogP contribution is 2.28. The fourth-order valence-corrected chi connectivity index (χ4v) is 3.45. The van der Waals surface area contributed by atoms with Crippen molar-refractivity contribution in [2.75, 3.05) is 59.0 Å². The summed E-state index contributed by atoms with van der Waals surface area (Å²) in [5, 5.41) is 11.2. The average molecular weight is 544 g/mol. The summed E-state index contributed by atoms with van der Waals surface area (Å²) >= 11 is 0. The number of rotatable bonds is 5. The Morgan fingerprint density at radius 2 is 1.14 bits per heavy atom. The first kappa shape index (κ1) is 33.7. The second kappa shape index (κ2) is 15.7. The molecule has 0 saturated carbocycles. The molecule has 0 unspecified atom stereocenters. The predicted octanol–water partition coefficient (Wildman–Crippen LogP) is 3.51. The molecule has 0 aromatic heterocycles. The Morgan fingerprint density at radius 3 is 1.46 bits per heavy atom. The molecule has 0 aromatic rings. The van der Waals surface area contributed by atoms with Crippen LogP contribution in [0.2, 0.25) is 0 Å². The summed E-state index contributed by atoms with van der Waals surface area (Å²) < 4.78 is 79.6. The van der Waals surface area contributed by atoms with E-state index in [9.17, 15) is 35.9 Å². The number of nitrogens with zero attached hydrogens (tertiary/aromatic N) is 2. The standard InChI is InChI=1S/C9H15F2NO2.C7H11F2NO2.C5H9F2N.ClH/c1-2-14-8(13)7-12-5-3-9(10,11)4-6-12;8-7(9)1-3-10(4-2-7)5-6(11)12;6-5(7)1-3-8-4-2-5;/h2-7H2,1H3;1-5H2,(H,11,12);8H,1-4H2;1H. The molecular weight excluding hydrogens is 508 g/mol. The molecule has 3 saturated heterocycles. The van der Waals surface area contributed by atoms with Gasteiger partial charge in [0.1, 0.15) is 0 Å². The minimum absolute atomic E-state index is 0. The molecule has 3 fully saturated rings. The summed E-state index contributed by atoms with van der Waals surface area (Å²) in [5.74, 6) is -8.82. The number of likely N-dealkylation sites (tertiary alicyclic amines) is 2. The van der Waals surface area contributed by atoms with Crippen LogP contribution in [0, 0.1) is 0 Å². The fourth-order valence-electron chi connectivity index (χ4n) is 3.45. The minimum atomic E-state index is -2.59. The van der Waals surface area contributed by atoms with E-state index in [1.165, 1.54) is 4.90 Å². The second-order valence-electron chi connectivity index (χ2n) is 8.57. The zero-order valence-electron chi connectivity index (χ0n) is 19.8. The number of carbonyl (C=O) groups excluding carboxylic acids is 1. The van der Waals surface area contributed by atoms with Crippen LogP contribution in [0.4, 0.5) is 26.3 Å². The Morgan fingerprint density at radius 1 is 0.771 bits per heavy atom. The quantitative estimate of drug-likeness (QED) is 0.406. The summed E-state index contributed by atoms with van der Waals surface area (Å²) in [4.78, 5) is 24.5. The van der Waals surface area contributed by atoms with E-state index in [2.05, 4.69) is 5.32 Å². The normalized spacial score (nSPS) is 23.3. The molecule has 3 aliphatic heterocycles. The van der Waals surface area contributed by atoms with Crippen molar-refractivity contribution in [1.29, 1.82) is 0 Å². The molecule has 35 heavy (non-hydrogen) atoms. The molecule has 3 heterocycles. The number of hydrogen-bond acceptors (Lipinski definition) is 6. The first-order valence-corrected chi connectivity index (χ1v) is 11.4. The summed E-state index contributed by atoms with van der Waals surface area (Å²) in [5.41, 5.74) is 0. The zero-order valence-corrected chi connectivity index (χ0v) is 20.7. The first-order valence-electron chi connectivity index (χ1n) is 11.4. The van der Waals surface area contributed by atoms with Gasteiger partial charge in [-0.3, -0.25) is 19.4 Å². The van der Waals surface area contributed by atoms with Gasteiger partial charge in [-0.05, 0) is 6.92 Å². The third kappa shape index (κ3) is 16.1. The largest absolute Gasteiger partial charge is 0.480 e. The van der Waals surface area contributed by atoms with Crippen LogP contribution < -0.4 is 5.32 Å². The van der Waals surface area contributed by atoms with E-state index >= 15 is 0 Å². The van der Waals surface area contributed by atoms with Crippen molar-refractivity contribution in [2.45, 2.75) is 63.2 Å². The number of halogens is 7. The zero-order chi connectivity index (χ0) is 25.8. The van der Waals surface area contributed by atoms with Gasteiger partial charge in [0.2, 0.25) is 0 Å². The first-order chi connectivity index (χ1) is 15.7. The summed E-state index contributed by atoms with van der Waals surface area (Å²) in [6.07, 6.45) is -0.751. The van der Waals surface area contributed by atoms with Crippen LogP contribution in [-0.4, -0.2) is 104 Å². The van der Waals surface area contributed by atoms with Crippen molar-refractivity contribution in [3.05, 3.63) is 0 Å². The molecule has 3 rings (SSSR count). The highest BCUT2D eigenvalue weighted by molar-refractivity contribution is 5.85. The molecule has 0 bridgehead atoms. The van der Waals surface area contributed by atoms with E-state index in [0.717, 1.165) is 0 Å². The van der Waals surface area contributed by atoms with Crippen LogP contribution >= 0.6 is 12.4 Å². The van der Waals surface area contributed by atoms with Crippen LogP contribution in [-0.2, 0) is 14.3 Å². The van der Waals surface area contributed by atoms with Crippen molar-refractivity contribution < 1.29 is 45.8 Å². The smallest absolute Gasteiger partial charge is 0.320 e. The third-order valence-corrected chi connectivity index (χ3v) is 5.53. The molecule has 0 aromatic carbocycles. The maximum absolute atomic E-state index is 12.7.